The molecule has 1 aromatic carbocycles. The van der Waals surface area contributed by atoms with Gasteiger partial charge in [-0.3, -0.25) is 9.59 Å². The minimum Gasteiger partial charge on any atom is -0.480 e. The molecule has 0 spiro atoms. The SMILES string of the molecule is Cc1cc(C(N)=O)ccc1N(C)CC(=O)O. The number of hydrogen-bond acceptors (Lipinski definition) is 3. The zero-order valence-electron chi connectivity index (χ0n) is 9.23. The molecule has 0 aliphatic rings. The van der Waals surface area contributed by atoms with Gasteiger partial charge in [0.05, 0.1) is 0 Å². The summed E-state index contributed by atoms with van der Waals surface area (Å²) in [6, 6.07) is 4.93. The zero-order chi connectivity index (χ0) is 12.3. The van der Waals surface area contributed by atoms with Crippen LogP contribution in [0.25, 0.3) is 0 Å². The molecule has 1 aromatic rings. The number of aliphatic carboxylic acids is 1. The molecule has 0 saturated heterocycles. The number of carbonyl (C=O) groups is 2. The molecule has 0 saturated carbocycles. The topological polar surface area (TPSA) is 83.6 Å². The lowest BCUT2D eigenvalue weighted by Gasteiger charge is -2.19. The molecule has 0 bridgehead atoms. The van der Waals surface area contributed by atoms with E-state index >= 15 is 0 Å². The second-order valence-electron chi connectivity index (χ2n) is 3.62. The number of nitrogens with two attached hydrogens (primary N) is 1. The van der Waals surface area contributed by atoms with E-state index < -0.39 is 11.9 Å². The quantitative estimate of drug-likeness (QED) is 0.782. The monoisotopic (exact) mass is 222 g/mol. The molecule has 1 rings (SSSR count). The van der Waals surface area contributed by atoms with Crippen molar-refractivity contribution in [1.29, 1.82) is 0 Å². The van der Waals surface area contributed by atoms with E-state index in [9.17, 15) is 9.59 Å². The van der Waals surface area contributed by atoms with Gasteiger partial charge in [-0.15, -0.1) is 0 Å². The normalized spacial score (nSPS) is 9.88. The molecule has 0 aromatic heterocycles. The summed E-state index contributed by atoms with van der Waals surface area (Å²) < 4.78 is 0. The first-order valence-corrected chi connectivity index (χ1v) is 4.75. The fourth-order valence-electron chi connectivity index (χ4n) is 1.53. The average molecular weight is 222 g/mol. The first kappa shape index (κ1) is 12.0. The van der Waals surface area contributed by atoms with Crippen molar-refractivity contribution in [2.24, 2.45) is 5.73 Å². The van der Waals surface area contributed by atoms with E-state index in [4.69, 9.17) is 10.8 Å². The Morgan fingerprint density at radius 2 is 2.06 bits per heavy atom. The van der Waals surface area contributed by atoms with Crippen LogP contribution in [0.3, 0.4) is 0 Å². The maximum atomic E-state index is 10.9. The first-order valence-electron chi connectivity index (χ1n) is 4.75. The number of aryl methyl sites for hydroxylation is 1. The van der Waals surface area contributed by atoms with Crippen molar-refractivity contribution in [3.05, 3.63) is 29.3 Å². The van der Waals surface area contributed by atoms with Crippen molar-refractivity contribution in [1.82, 2.24) is 0 Å². The highest BCUT2D eigenvalue weighted by Gasteiger charge is 2.10. The van der Waals surface area contributed by atoms with Crippen molar-refractivity contribution < 1.29 is 14.7 Å². The van der Waals surface area contributed by atoms with Crippen LogP contribution in [0, 0.1) is 6.92 Å². The number of rotatable bonds is 4. The van der Waals surface area contributed by atoms with Crippen molar-refractivity contribution in [2.45, 2.75) is 6.92 Å². The van der Waals surface area contributed by atoms with Gasteiger partial charge >= 0.3 is 5.97 Å². The number of benzene rings is 1. The Morgan fingerprint density at radius 1 is 1.44 bits per heavy atom. The molecule has 0 radical (unpaired) electrons. The van der Waals surface area contributed by atoms with Gasteiger partial charge in [0.1, 0.15) is 6.54 Å². The lowest BCUT2D eigenvalue weighted by molar-refractivity contribution is -0.135. The highest BCUT2D eigenvalue weighted by atomic mass is 16.4. The number of anilines is 1. The van der Waals surface area contributed by atoms with Gasteiger partial charge in [-0.1, -0.05) is 0 Å². The minimum absolute atomic E-state index is 0.0865. The lowest BCUT2D eigenvalue weighted by atomic mass is 10.1. The van der Waals surface area contributed by atoms with Gasteiger partial charge in [0.15, 0.2) is 0 Å². The second-order valence-corrected chi connectivity index (χ2v) is 3.62. The van der Waals surface area contributed by atoms with Gasteiger partial charge in [0, 0.05) is 18.3 Å². The standard InChI is InChI=1S/C11H14N2O3/c1-7-5-8(11(12)16)3-4-9(7)13(2)6-10(14)15/h3-5H,6H2,1-2H3,(H2,12,16)(H,14,15). The molecule has 5 nitrogen and oxygen atoms in total. The van der Waals surface area contributed by atoms with Crippen LogP contribution in [0.4, 0.5) is 5.69 Å². The van der Waals surface area contributed by atoms with Crippen LogP contribution in [0.1, 0.15) is 15.9 Å². The number of carbonyl (C=O) groups excluding carboxylic acids is 1. The molecule has 0 aliphatic carbocycles. The summed E-state index contributed by atoms with van der Waals surface area (Å²) in [5.41, 5.74) is 7.15. The summed E-state index contributed by atoms with van der Waals surface area (Å²) >= 11 is 0. The number of carboxylic acids is 1. The number of hydrogen-bond donors (Lipinski definition) is 2. The smallest absolute Gasteiger partial charge is 0.323 e. The van der Waals surface area contributed by atoms with Crippen molar-refractivity contribution in [3.63, 3.8) is 0 Å². The van der Waals surface area contributed by atoms with E-state index in [-0.39, 0.29) is 6.54 Å². The third kappa shape index (κ3) is 2.73. The van der Waals surface area contributed by atoms with Crippen molar-refractivity contribution in [3.8, 4) is 0 Å². The fourth-order valence-corrected chi connectivity index (χ4v) is 1.53. The molecule has 0 atom stereocenters. The van der Waals surface area contributed by atoms with Gasteiger partial charge in [-0.05, 0) is 30.7 Å². The Labute approximate surface area is 93.5 Å². The molecule has 0 fully saturated rings. The van der Waals surface area contributed by atoms with E-state index in [2.05, 4.69) is 0 Å². The molecular formula is C11H14N2O3. The fraction of sp³-hybridized carbons (Fsp3) is 0.273. The van der Waals surface area contributed by atoms with Gasteiger partial charge in [0.2, 0.25) is 5.91 Å². The third-order valence-corrected chi connectivity index (χ3v) is 2.26. The summed E-state index contributed by atoms with van der Waals surface area (Å²) in [6.45, 7) is 1.72. The van der Waals surface area contributed by atoms with Crippen LogP contribution >= 0.6 is 0 Å². The maximum absolute atomic E-state index is 10.9. The zero-order valence-corrected chi connectivity index (χ0v) is 9.23. The molecule has 0 unspecified atom stereocenters. The molecule has 0 aliphatic heterocycles. The van der Waals surface area contributed by atoms with Crippen molar-refractivity contribution >= 4 is 17.6 Å². The predicted octanol–water partition coefficient (Wildman–Crippen LogP) is 0.615. The molecule has 3 N–H and O–H groups in total. The number of primary amides is 1. The second kappa shape index (κ2) is 4.65. The molecular weight excluding hydrogens is 208 g/mol. The van der Waals surface area contributed by atoms with E-state index in [1.54, 1.807) is 37.1 Å². The van der Waals surface area contributed by atoms with E-state index in [0.717, 1.165) is 11.3 Å². The van der Waals surface area contributed by atoms with Crippen LogP contribution in [-0.2, 0) is 4.79 Å². The summed E-state index contributed by atoms with van der Waals surface area (Å²) in [4.78, 5) is 23.1. The Balaban J connectivity index is 2.98. The van der Waals surface area contributed by atoms with Crippen LogP contribution in [0.5, 0.6) is 0 Å². The van der Waals surface area contributed by atoms with E-state index in [1.807, 2.05) is 0 Å². The first-order chi connectivity index (χ1) is 7.41. The number of nitrogens with zero attached hydrogens (tertiary/aromatic N) is 1. The van der Waals surface area contributed by atoms with Crippen LogP contribution in [0.2, 0.25) is 0 Å². The number of likely N-dealkylation sites (N-methyl/N-ethyl adjacent to an activating group) is 1. The van der Waals surface area contributed by atoms with Crippen LogP contribution < -0.4 is 10.6 Å². The highest BCUT2D eigenvalue weighted by molar-refractivity contribution is 5.93. The third-order valence-electron chi connectivity index (χ3n) is 2.26. The predicted molar refractivity (Wildman–Crippen MR) is 60.6 cm³/mol. The van der Waals surface area contributed by atoms with Gasteiger partial charge in [0.25, 0.3) is 0 Å². The summed E-state index contributed by atoms with van der Waals surface area (Å²) in [6.07, 6.45) is 0. The Kier molecular flexibility index (Phi) is 3.50. The molecule has 86 valence electrons. The molecule has 0 heterocycles. The molecule has 5 heteroatoms. The summed E-state index contributed by atoms with van der Waals surface area (Å²) in [5.74, 6) is -1.39. The maximum Gasteiger partial charge on any atom is 0.323 e. The van der Waals surface area contributed by atoms with E-state index in [0.29, 0.717) is 5.56 Å². The van der Waals surface area contributed by atoms with Crippen molar-refractivity contribution in [2.75, 3.05) is 18.5 Å². The number of carboxylic acid groups (broad SMARTS) is 1. The number of amides is 1. The largest absolute Gasteiger partial charge is 0.480 e. The van der Waals surface area contributed by atoms with Crippen LogP contribution in [-0.4, -0.2) is 30.6 Å². The Bertz CT molecular complexity index is 429. The summed E-state index contributed by atoms with van der Waals surface area (Å²) in [5, 5.41) is 8.66. The average Bonchev–Trinajstić information content (AvgIpc) is 2.15. The summed E-state index contributed by atoms with van der Waals surface area (Å²) in [7, 11) is 1.68. The Morgan fingerprint density at radius 3 is 2.50 bits per heavy atom. The minimum atomic E-state index is -0.902. The highest BCUT2D eigenvalue weighted by Crippen LogP contribution is 2.19. The van der Waals surface area contributed by atoms with Gasteiger partial charge in [-0.25, -0.2) is 0 Å². The molecule has 1 amide bonds. The molecule has 16 heavy (non-hydrogen) atoms. The van der Waals surface area contributed by atoms with E-state index in [1.165, 1.54) is 0 Å². The van der Waals surface area contributed by atoms with Gasteiger partial charge in [-0.2, -0.15) is 0 Å². The Hall–Kier alpha value is -2.04. The van der Waals surface area contributed by atoms with Crippen LogP contribution in [0.15, 0.2) is 18.2 Å². The lowest BCUT2D eigenvalue weighted by Crippen LogP contribution is -2.26. The van der Waals surface area contributed by atoms with Gasteiger partial charge < -0.3 is 15.7 Å².